The Morgan fingerprint density at radius 1 is 1.40 bits per heavy atom. The lowest BCUT2D eigenvalue weighted by molar-refractivity contribution is -0.0762. The quantitative estimate of drug-likeness (QED) is 0.889. The van der Waals surface area contributed by atoms with Crippen molar-refractivity contribution in [2.45, 2.75) is 45.3 Å². The standard InChI is InChI=1S/C14H22BrN3O2/c1-4-16-12-11(15)10(9-19-3)17-13(18-12)14(2)7-5-6-8-20-14/h4-9H2,1-3H3,(H,16,17,18). The van der Waals surface area contributed by atoms with Crippen molar-refractivity contribution in [3.8, 4) is 0 Å². The third-order valence-electron chi connectivity index (χ3n) is 3.49. The Hall–Kier alpha value is -0.720. The lowest BCUT2D eigenvalue weighted by atomic mass is 9.95. The predicted molar refractivity (Wildman–Crippen MR) is 81.8 cm³/mol. The van der Waals surface area contributed by atoms with E-state index in [4.69, 9.17) is 9.47 Å². The van der Waals surface area contributed by atoms with Gasteiger partial charge in [-0.2, -0.15) is 0 Å². The zero-order chi connectivity index (χ0) is 14.6. The summed E-state index contributed by atoms with van der Waals surface area (Å²) in [5, 5.41) is 3.26. The molecular formula is C14H22BrN3O2. The molecule has 5 nitrogen and oxygen atoms in total. The van der Waals surface area contributed by atoms with Gasteiger partial charge in [0.15, 0.2) is 5.82 Å². The van der Waals surface area contributed by atoms with E-state index in [-0.39, 0.29) is 0 Å². The highest BCUT2D eigenvalue weighted by atomic mass is 79.9. The van der Waals surface area contributed by atoms with Crippen molar-refractivity contribution in [3.63, 3.8) is 0 Å². The molecule has 0 saturated carbocycles. The highest BCUT2D eigenvalue weighted by Crippen LogP contribution is 2.35. The highest BCUT2D eigenvalue weighted by Gasteiger charge is 2.34. The second kappa shape index (κ2) is 6.83. The van der Waals surface area contributed by atoms with Crippen molar-refractivity contribution in [2.24, 2.45) is 0 Å². The van der Waals surface area contributed by atoms with Crippen LogP contribution < -0.4 is 5.32 Å². The van der Waals surface area contributed by atoms with Crippen molar-refractivity contribution in [1.29, 1.82) is 0 Å². The van der Waals surface area contributed by atoms with Crippen LogP contribution in [0.1, 0.15) is 44.6 Å². The summed E-state index contributed by atoms with van der Waals surface area (Å²) in [6.07, 6.45) is 3.20. The van der Waals surface area contributed by atoms with Gasteiger partial charge in [-0.3, -0.25) is 0 Å². The van der Waals surface area contributed by atoms with Crippen LogP contribution in [0.4, 0.5) is 5.82 Å². The van der Waals surface area contributed by atoms with Gasteiger partial charge in [0.25, 0.3) is 0 Å². The van der Waals surface area contributed by atoms with E-state index in [2.05, 4.69) is 38.1 Å². The molecule has 0 bridgehead atoms. The second-order valence-corrected chi connectivity index (χ2v) is 5.95. The fourth-order valence-electron chi connectivity index (χ4n) is 2.36. The number of rotatable bonds is 5. The molecule has 112 valence electrons. The number of aromatic nitrogens is 2. The first-order chi connectivity index (χ1) is 9.60. The zero-order valence-electron chi connectivity index (χ0n) is 12.3. The number of hydrogen-bond acceptors (Lipinski definition) is 5. The van der Waals surface area contributed by atoms with Gasteiger partial charge < -0.3 is 14.8 Å². The minimum atomic E-state index is -0.397. The molecule has 1 atom stereocenters. The fraction of sp³-hybridized carbons (Fsp3) is 0.714. The molecule has 6 heteroatoms. The van der Waals surface area contributed by atoms with E-state index < -0.39 is 5.60 Å². The van der Waals surface area contributed by atoms with Crippen LogP contribution in [0.5, 0.6) is 0 Å². The lowest BCUT2D eigenvalue weighted by Crippen LogP contribution is -2.33. The van der Waals surface area contributed by atoms with Gasteiger partial charge in [-0.1, -0.05) is 0 Å². The van der Waals surface area contributed by atoms with Gasteiger partial charge in [0.2, 0.25) is 0 Å². The Bertz CT molecular complexity index is 435. The van der Waals surface area contributed by atoms with Crippen LogP contribution in [-0.2, 0) is 21.7 Å². The normalized spacial score (nSPS) is 22.8. The molecule has 0 amide bonds. The Morgan fingerprint density at radius 2 is 2.20 bits per heavy atom. The average Bonchev–Trinajstić information content (AvgIpc) is 2.44. The molecule has 0 aromatic carbocycles. The van der Waals surface area contributed by atoms with E-state index in [1.54, 1.807) is 7.11 Å². The minimum Gasteiger partial charge on any atom is -0.378 e. The van der Waals surface area contributed by atoms with Gasteiger partial charge in [-0.05, 0) is 49.0 Å². The first-order valence-corrected chi connectivity index (χ1v) is 7.83. The third-order valence-corrected chi connectivity index (χ3v) is 4.32. The fourth-order valence-corrected chi connectivity index (χ4v) is 2.79. The van der Waals surface area contributed by atoms with Crippen molar-refractivity contribution < 1.29 is 9.47 Å². The van der Waals surface area contributed by atoms with Crippen molar-refractivity contribution in [3.05, 3.63) is 16.0 Å². The Balaban J connectivity index is 2.41. The highest BCUT2D eigenvalue weighted by molar-refractivity contribution is 9.10. The van der Waals surface area contributed by atoms with E-state index in [0.29, 0.717) is 6.61 Å². The summed E-state index contributed by atoms with van der Waals surface area (Å²) < 4.78 is 12.0. The van der Waals surface area contributed by atoms with Gasteiger partial charge in [0.1, 0.15) is 11.4 Å². The summed E-state index contributed by atoms with van der Waals surface area (Å²) in [5.41, 5.74) is 0.454. The topological polar surface area (TPSA) is 56.3 Å². The van der Waals surface area contributed by atoms with Crippen molar-refractivity contribution in [1.82, 2.24) is 9.97 Å². The maximum atomic E-state index is 5.95. The lowest BCUT2D eigenvalue weighted by Gasteiger charge is -2.33. The minimum absolute atomic E-state index is 0.397. The predicted octanol–water partition coefficient (Wildman–Crippen LogP) is 3.23. The van der Waals surface area contributed by atoms with Gasteiger partial charge >= 0.3 is 0 Å². The molecule has 1 aromatic rings. The van der Waals surface area contributed by atoms with Crippen LogP contribution in [0.2, 0.25) is 0 Å². The second-order valence-electron chi connectivity index (χ2n) is 5.16. The van der Waals surface area contributed by atoms with Crippen LogP contribution >= 0.6 is 15.9 Å². The van der Waals surface area contributed by atoms with Gasteiger partial charge in [0, 0.05) is 20.3 Å². The Morgan fingerprint density at radius 3 is 2.80 bits per heavy atom. The SMILES string of the molecule is CCNc1nc(C2(C)CCCCO2)nc(COC)c1Br. The number of ether oxygens (including phenoxy) is 2. The Kier molecular flexibility index (Phi) is 5.35. The molecule has 1 N–H and O–H groups in total. The summed E-state index contributed by atoms with van der Waals surface area (Å²) in [4.78, 5) is 9.30. The summed E-state index contributed by atoms with van der Waals surface area (Å²) in [6.45, 7) is 6.14. The van der Waals surface area contributed by atoms with Crippen LogP contribution in [-0.4, -0.2) is 30.2 Å². The number of anilines is 1. The zero-order valence-corrected chi connectivity index (χ0v) is 13.9. The van der Waals surface area contributed by atoms with E-state index in [1.165, 1.54) is 0 Å². The molecule has 1 aliphatic heterocycles. The molecule has 2 heterocycles. The smallest absolute Gasteiger partial charge is 0.162 e. The van der Waals surface area contributed by atoms with Crippen molar-refractivity contribution in [2.75, 3.05) is 25.6 Å². The van der Waals surface area contributed by atoms with Crippen LogP contribution in [0.3, 0.4) is 0 Å². The van der Waals surface area contributed by atoms with E-state index in [0.717, 1.165) is 54.2 Å². The largest absolute Gasteiger partial charge is 0.378 e. The first-order valence-electron chi connectivity index (χ1n) is 7.04. The third kappa shape index (κ3) is 3.30. The molecule has 1 aliphatic rings. The average molecular weight is 344 g/mol. The molecule has 0 aliphatic carbocycles. The van der Waals surface area contributed by atoms with Crippen LogP contribution in [0.15, 0.2) is 4.47 Å². The van der Waals surface area contributed by atoms with E-state index >= 15 is 0 Å². The van der Waals surface area contributed by atoms with Gasteiger partial charge in [-0.15, -0.1) is 0 Å². The van der Waals surface area contributed by atoms with Crippen molar-refractivity contribution >= 4 is 21.7 Å². The maximum absolute atomic E-state index is 5.95. The molecular weight excluding hydrogens is 322 g/mol. The first kappa shape index (κ1) is 15.7. The number of methoxy groups -OCH3 is 1. The molecule has 0 radical (unpaired) electrons. The van der Waals surface area contributed by atoms with E-state index in [1.807, 2.05) is 6.92 Å². The van der Waals surface area contributed by atoms with E-state index in [9.17, 15) is 0 Å². The van der Waals surface area contributed by atoms with Crippen LogP contribution in [0.25, 0.3) is 0 Å². The number of halogens is 1. The molecule has 2 rings (SSSR count). The molecule has 0 spiro atoms. The molecule has 1 unspecified atom stereocenters. The molecule has 1 saturated heterocycles. The number of nitrogens with one attached hydrogen (secondary N) is 1. The summed E-state index contributed by atoms with van der Waals surface area (Å²) in [7, 11) is 1.67. The summed E-state index contributed by atoms with van der Waals surface area (Å²) in [6, 6.07) is 0. The van der Waals surface area contributed by atoms with Gasteiger partial charge in [0.05, 0.1) is 16.8 Å². The summed E-state index contributed by atoms with van der Waals surface area (Å²) in [5.74, 6) is 1.54. The number of hydrogen-bond donors (Lipinski definition) is 1. The molecule has 20 heavy (non-hydrogen) atoms. The Labute approximate surface area is 128 Å². The monoisotopic (exact) mass is 343 g/mol. The molecule has 1 fully saturated rings. The summed E-state index contributed by atoms with van der Waals surface area (Å²) >= 11 is 3.55. The molecule has 1 aromatic heterocycles. The maximum Gasteiger partial charge on any atom is 0.162 e. The number of nitrogens with zero attached hydrogens (tertiary/aromatic N) is 2. The van der Waals surface area contributed by atoms with Gasteiger partial charge in [-0.25, -0.2) is 9.97 Å². The van der Waals surface area contributed by atoms with Crippen LogP contribution in [0, 0.1) is 0 Å².